The minimum absolute atomic E-state index is 0.0183. The molecule has 21 heteroatoms. The van der Waals surface area contributed by atoms with E-state index in [1.54, 1.807) is 34.3 Å². The van der Waals surface area contributed by atoms with Crippen LogP contribution in [-0.2, 0) is 44.5 Å². The Hall–Kier alpha value is -3.26. The van der Waals surface area contributed by atoms with Crippen molar-refractivity contribution in [2.24, 2.45) is 29.6 Å². The number of aliphatic hydroxyl groups excluding tert-OH is 1. The van der Waals surface area contributed by atoms with Crippen molar-refractivity contribution in [1.29, 1.82) is 0 Å². The predicted molar refractivity (Wildman–Crippen MR) is 343 cm³/mol. The van der Waals surface area contributed by atoms with Crippen LogP contribution >= 0.6 is 0 Å². The second kappa shape index (κ2) is 44.2. The quantitative estimate of drug-likeness (QED) is 0.0281. The van der Waals surface area contributed by atoms with Crippen molar-refractivity contribution >= 4 is 62.9 Å². The molecule has 17 nitrogen and oxygen atoms in total. The first-order valence-electron chi connectivity index (χ1n) is 31.3. The molecule has 1 aromatic rings. The van der Waals surface area contributed by atoms with Gasteiger partial charge in [-0.05, 0) is 73.4 Å². The number of aliphatic carboxylic acids is 1. The van der Waals surface area contributed by atoms with Crippen LogP contribution in [0, 0.1) is 29.6 Å². The van der Waals surface area contributed by atoms with E-state index >= 15 is 0 Å². The highest BCUT2D eigenvalue weighted by atomic mass is 16.6. The summed E-state index contributed by atoms with van der Waals surface area (Å²) < 4.78 is 11.1. The molecule has 9 N–H and O–H groups in total. The molecule has 0 radical (unpaired) electrons. The van der Waals surface area contributed by atoms with E-state index in [-0.39, 0.29) is 95.9 Å². The Morgan fingerprint density at radius 3 is 1.36 bits per heavy atom. The Labute approximate surface area is 505 Å². The van der Waals surface area contributed by atoms with Crippen LogP contribution in [0.2, 0.25) is 43.7 Å². The van der Waals surface area contributed by atoms with E-state index in [4.69, 9.17) is 14.4 Å². The molecule has 1 aromatic carbocycles. The SMILES string of the molecule is CB(O)[C@@H](CC(=O)CNC(C)C)CC(C)C.CB(O)[C@@H](CC(=O)[C@@H](NC(C)C)[C@@H](C)O)CC(C)C.CB(O)[C@@H](CC(=O)[C@H](Cc1ccccc1)NC(C)C)CC(C)C.CC(C)C[C@H](CC(=O)CNC(C)C)B1OC(=O)C(C)C(CC(=O)O)O1. The molecule has 1 fully saturated rings. The van der Waals surface area contributed by atoms with Crippen LogP contribution in [0.1, 0.15) is 188 Å². The van der Waals surface area contributed by atoms with Crippen LogP contribution in [0.4, 0.5) is 0 Å². The maximum atomic E-state index is 12.8. The number of benzene rings is 1. The van der Waals surface area contributed by atoms with Crippen LogP contribution in [0.25, 0.3) is 0 Å². The van der Waals surface area contributed by atoms with Gasteiger partial charge in [-0.15, -0.1) is 0 Å². The Balaban J connectivity index is 0. The molecule has 0 spiro atoms. The van der Waals surface area contributed by atoms with Gasteiger partial charge in [-0.1, -0.05) is 181 Å². The molecule has 2 unspecified atom stereocenters. The number of Topliss-reactive ketones (excluding diaryl/α,β-unsaturated/α-hetero) is 4. The molecule has 0 bridgehead atoms. The Morgan fingerprint density at radius 2 is 0.988 bits per heavy atom. The van der Waals surface area contributed by atoms with Gasteiger partial charge in [0.2, 0.25) is 0 Å². The summed E-state index contributed by atoms with van der Waals surface area (Å²) in [7, 11) is -0.876. The molecule has 0 aromatic heterocycles. The van der Waals surface area contributed by atoms with Crippen molar-refractivity contribution in [3.8, 4) is 0 Å². The van der Waals surface area contributed by atoms with E-state index in [9.17, 15) is 48.9 Å². The minimum Gasteiger partial charge on any atom is -0.509 e. The van der Waals surface area contributed by atoms with E-state index in [0.717, 1.165) is 24.8 Å². The summed E-state index contributed by atoms with van der Waals surface area (Å²) in [5.41, 5.74) is 1.16. The molecule has 2 rings (SSSR count). The summed E-state index contributed by atoms with van der Waals surface area (Å²) in [6, 6.07) is 10.3. The van der Waals surface area contributed by atoms with Gasteiger partial charge in [0.05, 0.1) is 49.7 Å². The Morgan fingerprint density at radius 1 is 0.578 bits per heavy atom. The minimum atomic E-state index is -1.03. The first-order valence-corrected chi connectivity index (χ1v) is 31.3. The molecule has 9 atom stereocenters. The van der Waals surface area contributed by atoms with E-state index in [1.807, 2.05) is 73.6 Å². The van der Waals surface area contributed by atoms with Gasteiger partial charge in [-0.2, -0.15) is 0 Å². The van der Waals surface area contributed by atoms with Gasteiger partial charge in [0.15, 0.2) is 5.78 Å². The van der Waals surface area contributed by atoms with Crippen molar-refractivity contribution in [3.05, 3.63) is 35.9 Å². The molecule has 1 heterocycles. The summed E-state index contributed by atoms with van der Waals surface area (Å²) in [5, 5.41) is 60.8. The van der Waals surface area contributed by atoms with Gasteiger partial charge in [0, 0.05) is 55.7 Å². The molecule has 83 heavy (non-hydrogen) atoms. The summed E-state index contributed by atoms with van der Waals surface area (Å²) in [6.07, 6.45) is 3.70. The molecule has 1 aliphatic heterocycles. The lowest BCUT2D eigenvalue weighted by Gasteiger charge is -2.35. The topological polar surface area (TPSA) is 270 Å². The first-order chi connectivity index (χ1) is 38.4. The first kappa shape index (κ1) is 81.8. The zero-order chi connectivity index (χ0) is 64.4. The molecule has 0 amide bonds. The normalized spacial score (nSPS) is 16.9. The highest BCUT2D eigenvalue weighted by Gasteiger charge is 2.46. The Bertz CT molecular complexity index is 1940. The van der Waals surface area contributed by atoms with Crippen LogP contribution in [-0.4, -0.2) is 150 Å². The second-order valence-electron chi connectivity index (χ2n) is 26.6. The van der Waals surface area contributed by atoms with Gasteiger partial charge in [0.25, 0.3) is 26.7 Å². The summed E-state index contributed by atoms with van der Waals surface area (Å²) >= 11 is 0. The third kappa shape index (κ3) is 40.7. The number of nitrogens with one attached hydrogen (secondary N) is 4. The van der Waals surface area contributed by atoms with Gasteiger partial charge < -0.3 is 55.9 Å². The fourth-order valence-corrected chi connectivity index (χ4v) is 9.89. The number of carbonyl (C=O) groups excluding carboxylic acids is 5. The maximum absolute atomic E-state index is 12.8. The van der Waals surface area contributed by atoms with Gasteiger partial charge in [-0.3, -0.25) is 28.8 Å². The van der Waals surface area contributed by atoms with Gasteiger partial charge >= 0.3 is 13.1 Å². The molecule has 1 aliphatic rings. The highest BCUT2D eigenvalue weighted by Crippen LogP contribution is 2.33. The lowest BCUT2D eigenvalue weighted by atomic mass is 9.54. The van der Waals surface area contributed by atoms with E-state index in [1.165, 1.54) is 0 Å². The van der Waals surface area contributed by atoms with Crippen molar-refractivity contribution in [1.82, 2.24) is 21.3 Å². The zero-order valence-electron chi connectivity index (χ0n) is 55.5. The molecule has 476 valence electrons. The van der Waals surface area contributed by atoms with Crippen molar-refractivity contribution in [2.75, 3.05) is 13.1 Å². The number of carboxylic acids is 1. The fraction of sp³-hybridized carbons (Fsp3) is 0.806. The van der Waals surface area contributed by atoms with Gasteiger partial charge in [0.1, 0.15) is 17.3 Å². The summed E-state index contributed by atoms with van der Waals surface area (Å²) in [4.78, 5) is 72.1. The number of carboxylic acid groups (broad SMARTS) is 1. The third-order valence-corrected chi connectivity index (χ3v) is 14.2. The number of hydrogen-bond acceptors (Lipinski definition) is 16. The van der Waals surface area contributed by atoms with Crippen LogP contribution in [0.15, 0.2) is 30.3 Å². The smallest absolute Gasteiger partial charge is 0.509 e. The van der Waals surface area contributed by atoms with Crippen molar-refractivity contribution < 1.29 is 63.4 Å². The van der Waals surface area contributed by atoms with Gasteiger partial charge in [-0.25, -0.2) is 0 Å². The van der Waals surface area contributed by atoms with Crippen molar-refractivity contribution in [3.63, 3.8) is 0 Å². The Kier molecular flexibility index (Phi) is 43.6. The summed E-state index contributed by atoms with van der Waals surface area (Å²) in [6.45, 7) is 40.5. The zero-order valence-corrected chi connectivity index (χ0v) is 55.5. The lowest BCUT2D eigenvalue weighted by Crippen LogP contribution is -2.48. The van der Waals surface area contributed by atoms with Crippen LogP contribution in [0.3, 0.4) is 0 Å². The number of hydrogen-bond donors (Lipinski definition) is 9. The lowest BCUT2D eigenvalue weighted by molar-refractivity contribution is -0.153. The predicted octanol–water partition coefficient (Wildman–Crippen LogP) is 9.18. The molecular formula is C62H118B4N4O13. The molecule has 0 aliphatic carbocycles. The fourth-order valence-electron chi connectivity index (χ4n) is 9.89. The molecule has 0 saturated carbocycles. The summed E-state index contributed by atoms with van der Waals surface area (Å²) in [5.74, 6) is -0.188. The molecular weight excluding hydrogens is 1050 g/mol. The monoisotopic (exact) mass is 1170 g/mol. The number of rotatable bonds is 37. The average Bonchev–Trinajstić information content (AvgIpc) is 3.47. The van der Waals surface area contributed by atoms with Crippen molar-refractivity contribution in [2.45, 2.75) is 281 Å². The highest BCUT2D eigenvalue weighted by molar-refractivity contribution is 6.52. The third-order valence-electron chi connectivity index (χ3n) is 14.2. The van der Waals surface area contributed by atoms with E-state index in [2.05, 4.69) is 88.8 Å². The average molecular weight is 1170 g/mol. The standard InChI is InChI=1S/C19H32BNO2.C17H30BNO6.C14H30BNO3.C12H26BNO2/c1-14(2)11-17(20(5)23)13-19(22)18(21-15(3)4)12-16-9-7-6-8-10-16;1-10(2)6-13(7-14(20)9-19-11(3)4)18-24-15(8-16(21)22)12(5)17(23)25-18;1-9(2)7-12(15(6)19)8-13(18)14(11(5)17)16-10(3)4;1-9(2)6-11(13(5)16)7-12(15)8-14-10(3)4/h6-10,14-15,17-18,21,23H,11-13H2,1-5H3;10-13,15,19H,6-9H2,1-5H3,(H,21,22);9-12,14,16-17,19H,7-8H2,1-6H3;9-11,14,16H,6-8H2,1-5H3/t17-,18+;12?,13-,15?;11-,12-,14+;11-/m1111/s1. The van der Waals surface area contributed by atoms with E-state index < -0.39 is 64.0 Å². The van der Waals surface area contributed by atoms with Crippen LogP contribution in [0.5, 0.6) is 0 Å². The second-order valence-corrected chi connectivity index (χ2v) is 26.6. The van der Waals surface area contributed by atoms with E-state index in [0.29, 0.717) is 62.4 Å². The number of carbonyl (C=O) groups is 6. The maximum Gasteiger partial charge on any atom is 0.531 e. The van der Waals surface area contributed by atoms with Crippen LogP contribution < -0.4 is 21.3 Å². The largest absolute Gasteiger partial charge is 0.531 e. The number of ketones is 4. The number of aliphatic hydroxyl groups is 1. The molecule has 1 saturated heterocycles.